The number of para-hydroxylation sites is 1. The molecule has 3 atom stereocenters. The predicted molar refractivity (Wildman–Crippen MR) is 130 cm³/mol. The molecule has 0 saturated carbocycles. The highest BCUT2D eigenvalue weighted by atomic mass is 35.5. The molecule has 0 radical (unpaired) electrons. The Morgan fingerprint density at radius 3 is 2.67 bits per heavy atom. The van der Waals surface area contributed by atoms with Gasteiger partial charge in [-0.15, -0.1) is 0 Å². The first-order valence-electron chi connectivity index (χ1n) is 11.4. The third-order valence-electron chi connectivity index (χ3n) is 6.91. The second-order valence-electron chi connectivity index (χ2n) is 9.50. The number of allylic oxidation sites excluding steroid dienone is 1. The maximum Gasteiger partial charge on any atom is 0.320 e. The van der Waals surface area contributed by atoms with Gasteiger partial charge in [-0.05, 0) is 39.0 Å². The van der Waals surface area contributed by atoms with Crippen LogP contribution in [0.15, 0.2) is 35.8 Å². The lowest BCUT2D eigenvalue weighted by molar-refractivity contribution is 0.0242. The lowest BCUT2D eigenvalue weighted by Crippen LogP contribution is -2.70. The number of phenolic OH excluding ortho intramolecular Hbond substituents is 1. The summed E-state index contributed by atoms with van der Waals surface area (Å²) in [7, 11) is 0. The molecule has 3 unspecified atom stereocenters. The Kier molecular flexibility index (Phi) is 6.28. The molecule has 33 heavy (non-hydrogen) atoms. The summed E-state index contributed by atoms with van der Waals surface area (Å²) in [4.78, 5) is 19.6. The number of piperazine rings is 2. The van der Waals surface area contributed by atoms with E-state index in [1.54, 1.807) is 24.3 Å². The highest BCUT2D eigenvalue weighted by molar-refractivity contribution is 6.32. The minimum Gasteiger partial charge on any atom is -0.506 e. The van der Waals surface area contributed by atoms with Gasteiger partial charge in [-0.1, -0.05) is 17.7 Å². The van der Waals surface area contributed by atoms with Crippen LogP contribution in [-0.2, 0) is 0 Å². The van der Waals surface area contributed by atoms with E-state index in [1.807, 2.05) is 9.80 Å². The lowest BCUT2D eigenvalue weighted by Gasteiger charge is -2.54. The standard InChI is InChI=1S/C23H34ClN7O2/c1-14-10-27-11-15(2)31(14)22(33)29-7-8-30-19(21(26)28-12-23(30,3)13-29)9-18(25)16-5-4-6-17(24)20(16)32/h4-6,9,14-15,27-28,32H,7-8,10-13,25-26H2,1-3H3/b18-9-. The summed E-state index contributed by atoms with van der Waals surface area (Å²) < 4.78 is 0. The number of fused-ring (bicyclic) bond motifs is 1. The van der Waals surface area contributed by atoms with E-state index in [9.17, 15) is 9.90 Å². The normalized spacial score (nSPS) is 28.5. The first-order chi connectivity index (χ1) is 15.6. The average Bonchev–Trinajstić information content (AvgIpc) is 2.77. The van der Waals surface area contributed by atoms with Crippen LogP contribution in [0.5, 0.6) is 5.75 Å². The number of nitrogens with zero attached hydrogens (tertiary/aromatic N) is 3. The average molecular weight is 476 g/mol. The minimum absolute atomic E-state index is 0.0618. The molecular formula is C23H34ClN7O2. The van der Waals surface area contributed by atoms with E-state index < -0.39 is 0 Å². The van der Waals surface area contributed by atoms with Crippen molar-refractivity contribution in [3.8, 4) is 5.75 Å². The van der Waals surface area contributed by atoms with Crippen molar-refractivity contribution in [3.05, 3.63) is 46.4 Å². The van der Waals surface area contributed by atoms with Gasteiger partial charge in [0.15, 0.2) is 0 Å². The molecule has 2 saturated heterocycles. The zero-order valence-electron chi connectivity index (χ0n) is 19.4. The number of amides is 2. The molecule has 7 N–H and O–H groups in total. The molecule has 0 aromatic heterocycles. The Morgan fingerprint density at radius 1 is 1.27 bits per heavy atom. The van der Waals surface area contributed by atoms with Crippen molar-refractivity contribution in [2.45, 2.75) is 38.4 Å². The Labute approximate surface area is 200 Å². The molecule has 3 aliphatic heterocycles. The molecule has 0 aliphatic carbocycles. The van der Waals surface area contributed by atoms with Crippen LogP contribution in [0, 0.1) is 0 Å². The van der Waals surface area contributed by atoms with Crippen LogP contribution in [-0.4, -0.2) is 82.7 Å². The SMILES string of the molecule is CC1CNCC(C)N1C(=O)N1CCN2C(/C=C(\N)c3cccc(Cl)c3O)=C(N)NCC2(C)C1. The van der Waals surface area contributed by atoms with Crippen LogP contribution in [0.1, 0.15) is 26.3 Å². The number of phenols is 1. The molecule has 10 heteroatoms. The fourth-order valence-electron chi connectivity index (χ4n) is 5.12. The minimum atomic E-state index is -0.361. The molecule has 0 spiro atoms. The molecular weight excluding hydrogens is 442 g/mol. The number of urea groups is 1. The first kappa shape index (κ1) is 23.4. The molecule has 9 nitrogen and oxygen atoms in total. The van der Waals surface area contributed by atoms with Crippen LogP contribution in [0.25, 0.3) is 5.70 Å². The van der Waals surface area contributed by atoms with Gasteiger partial charge < -0.3 is 41.9 Å². The number of benzene rings is 1. The van der Waals surface area contributed by atoms with E-state index >= 15 is 0 Å². The molecule has 180 valence electrons. The van der Waals surface area contributed by atoms with Gasteiger partial charge in [-0.3, -0.25) is 0 Å². The van der Waals surface area contributed by atoms with Gasteiger partial charge >= 0.3 is 6.03 Å². The van der Waals surface area contributed by atoms with Gasteiger partial charge in [0.1, 0.15) is 11.6 Å². The third-order valence-corrected chi connectivity index (χ3v) is 7.22. The molecule has 0 bridgehead atoms. The Hall–Kier alpha value is -2.78. The number of aromatic hydroxyl groups is 1. The van der Waals surface area contributed by atoms with Gasteiger partial charge in [0.2, 0.25) is 0 Å². The molecule has 1 aromatic carbocycles. The number of nitrogens with two attached hydrogens (primary N) is 2. The number of halogens is 1. The maximum absolute atomic E-state index is 13.4. The zero-order chi connectivity index (χ0) is 23.9. The largest absolute Gasteiger partial charge is 0.506 e. The highest BCUT2D eigenvalue weighted by Gasteiger charge is 2.44. The molecule has 1 aromatic rings. The van der Waals surface area contributed by atoms with Crippen LogP contribution < -0.4 is 22.1 Å². The van der Waals surface area contributed by atoms with Crippen LogP contribution >= 0.6 is 11.6 Å². The zero-order valence-corrected chi connectivity index (χ0v) is 20.2. The summed E-state index contributed by atoms with van der Waals surface area (Å²) in [6.45, 7) is 10.3. The van der Waals surface area contributed by atoms with Gasteiger partial charge in [0, 0.05) is 62.6 Å². The van der Waals surface area contributed by atoms with E-state index in [0.29, 0.717) is 43.3 Å². The topological polar surface area (TPSA) is 123 Å². The quantitative estimate of drug-likeness (QED) is 0.436. The van der Waals surface area contributed by atoms with Crippen LogP contribution in [0.3, 0.4) is 0 Å². The van der Waals surface area contributed by atoms with Crippen LogP contribution in [0.4, 0.5) is 4.79 Å². The van der Waals surface area contributed by atoms with E-state index in [2.05, 4.69) is 36.3 Å². The van der Waals surface area contributed by atoms with E-state index in [4.69, 9.17) is 23.1 Å². The summed E-state index contributed by atoms with van der Waals surface area (Å²) in [6, 6.07) is 5.44. The van der Waals surface area contributed by atoms with Crippen molar-refractivity contribution in [1.82, 2.24) is 25.3 Å². The van der Waals surface area contributed by atoms with E-state index in [1.165, 1.54) is 0 Å². The predicted octanol–water partition coefficient (Wildman–Crippen LogP) is 1.25. The van der Waals surface area contributed by atoms with Gasteiger partial charge in [-0.25, -0.2) is 4.79 Å². The smallest absolute Gasteiger partial charge is 0.320 e. The number of hydrogen-bond acceptors (Lipinski definition) is 7. The first-order valence-corrected chi connectivity index (χ1v) is 11.7. The summed E-state index contributed by atoms with van der Waals surface area (Å²) in [5.74, 6) is 0.453. The summed E-state index contributed by atoms with van der Waals surface area (Å²) >= 11 is 6.05. The molecule has 3 heterocycles. The molecule has 2 amide bonds. The van der Waals surface area contributed by atoms with Crippen LogP contribution in [0.2, 0.25) is 5.02 Å². The van der Waals surface area contributed by atoms with Crippen molar-refractivity contribution >= 4 is 23.3 Å². The van der Waals surface area contributed by atoms with Crippen molar-refractivity contribution in [2.75, 3.05) is 39.3 Å². The molecule has 2 fully saturated rings. The highest BCUT2D eigenvalue weighted by Crippen LogP contribution is 2.34. The number of carbonyl (C=O) groups is 1. The second-order valence-corrected chi connectivity index (χ2v) is 9.91. The summed E-state index contributed by atoms with van der Waals surface area (Å²) in [5.41, 5.74) is 13.9. The van der Waals surface area contributed by atoms with Gasteiger partial charge in [0.25, 0.3) is 0 Å². The van der Waals surface area contributed by atoms with E-state index in [0.717, 1.165) is 18.8 Å². The van der Waals surface area contributed by atoms with Gasteiger partial charge in [0.05, 0.1) is 16.3 Å². The Bertz CT molecular complexity index is 987. The molecule has 4 rings (SSSR count). The van der Waals surface area contributed by atoms with Crippen molar-refractivity contribution in [2.24, 2.45) is 11.5 Å². The molecule has 3 aliphatic rings. The van der Waals surface area contributed by atoms with Crippen molar-refractivity contribution in [3.63, 3.8) is 0 Å². The second kappa shape index (κ2) is 8.87. The number of rotatable bonds is 2. The summed E-state index contributed by atoms with van der Waals surface area (Å²) in [6.07, 6.45) is 1.77. The monoisotopic (exact) mass is 475 g/mol. The number of hydrogen-bond donors (Lipinski definition) is 5. The Balaban J connectivity index is 1.57. The van der Waals surface area contributed by atoms with Crippen molar-refractivity contribution < 1.29 is 9.90 Å². The fraction of sp³-hybridized carbons (Fsp3) is 0.522. The number of nitrogens with one attached hydrogen (secondary N) is 2. The lowest BCUT2D eigenvalue weighted by atomic mass is 9.92. The third kappa shape index (κ3) is 4.27. The summed E-state index contributed by atoms with van der Waals surface area (Å²) in [5, 5.41) is 17.2. The van der Waals surface area contributed by atoms with Crippen molar-refractivity contribution in [1.29, 1.82) is 0 Å². The maximum atomic E-state index is 13.4. The Morgan fingerprint density at radius 2 is 1.97 bits per heavy atom. The van der Waals surface area contributed by atoms with Gasteiger partial charge in [-0.2, -0.15) is 0 Å². The van der Waals surface area contributed by atoms with E-state index in [-0.39, 0.29) is 34.4 Å². The fourth-order valence-corrected chi connectivity index (χ4v) is 5.29. The number of carbonyl (C=O) groups excluding carboxylic acids is 1.